The Morgan fingerprint density at radius 3 is 2.76 bits per heavy atom. The molecule has 118 valence electrons. The van der Waals surface area contributed by atoms with E-state index in [0.717, 1.165) is 43.4 Å². The molecule has 0 bridgehead atoms. The Kier molecular flexibility index (Phi) is 5.85. The molecule has 0 aromatic heterocycles. The van der Waals surface area contributed by atoms with Crippen LogP contribution < -0.4 is 0 Å². The average molecular weight is 295 g/mol. The third-order valence-corrected chi connectivity index (χ3v) is 3.79. The molecule has 5 nitrogen and oxygen atoms in total. The molecule has 1 aliphatic carbocycles. The number of benzene rings is 1. The Labute approximate surface area is 126 Å². The quantitative estimate of drug-likeness (QED) is 0.598. The van der Waals surface area contributed by atoms with E-state index in [2.05, 4.69) is 6.92 Å². The van der Waals surface area contributed by atoms with E-state index in [-0.39, 0.29) is 11.5 Å². The van der Waals surface area contributed by atoms with Crippen molar-refractivity contribution in [2.24, 2.45) is 5.92 Å². The minimum absolute atomic E-state index is 0.0329. The maximum Gasteiger partial charge on any atom is 0.160 e. The summed E-state index contributed by atoms with van der Waals surface area (Å²) in [5.41, 5.74) is 1.98. The van der Waals surface area contributed by atoms with Gasteiger partial charge in [-0.2, -0.15) is 0 Å². The smallest absolute Gasteiger partial charge is 0.160 e. The summed E-state index contributed by atoms with van der Waals surface area (Å²) in [6.45, 7) is 5.96. The van der Waals surface area contributed by atoms with Gasteiger partial charge in [-0.1, -0.05) is 18.2 Å². The molecule has 0 fully saturated rings. The lowest BCUT2D eigenvalue weighted by Gasteiger charge is -2.29. The number of rotatable bonds is 7. The summed E-state index contributed by atoms with van der Waals surface area (Å²) in [6.07, 6.45) is 3.53. The molecule has 0 radical (unpaired) electrons. The third kappa shape index (κ3) is 4.09. The summed E-state index contributed by atoms with van der Waals surface area (Å²) in [4.78, 5) is 11.1. The Morgan fingerprint density at radius 2 is 2.05 bits per heavy atom. The van der Waals surface area contributed by atoms with Crippen molar-refractivity contribution in [3.8, 4) is 11.5 Å². The summed E-state index contributed by atoms with van der Waals surface area (Å²) in [6, 6.07) is 3.46. The first-order valence-electron chi connectivity index (χ1n) is 7.71. The van der Waals surface area contributed by atoms with Gasteiger partial charge in [0.15, 0.2) is 11.5 Å². The Morgan fingerprint density at radius 1 is 1.24 bits per heavy atom. The first-order chi connectivity index (χ1) is 10.2. The van der Waals surface area contributed by atoms with Crippen molar-refractivity contribution in [2.45, 2.75) is 39.5 Å². The molecule has 0 aliphatic heterocycles. The van der Waals surface area contributed by atoms with Gasteiger partial charge in [-0.15, -0.1) is 0 Å². The Balaban J connectivity index is 1.98. The SMILES string of the molecule is CCCON(CC1CCc2c(ccc(O)c2O)C1)OCC. The van der Waals surface area contributed by atoms with Gasteiger partial charge in [0, 0.05) is 5.56 Å². The highest BCUT2D eigenvalue weighted by molar-refractivity contribution is 5.50. The molecule has 0 spiro atoms. The van der Waals surface area contributed by atoms with Crippen LogP contribution >= 0.6 is 0 Å². The van der Waals surface area contributed by atoms with E-state index < -0.39 is 0 Å². The monoisotopic (exact) mass is 295 g/mol. The summed E-state index contributed by atoms with van der Waals surface area (Å²) in [5.74, 6) is 0.425. The molecular weight excluding hydrogens is 270 g/mol. The molecule has 2 rings (SSSR count). The van der Waals surface area contributed by atoms with E-state index in [4.69, 9.17) is 9.68 Å². The number of nitrogens with zero attached hydrogens (tertiary/aromatic N) is 1. The highest BCUT2D eigenvalue weighted by Gasteiger charge is 2.24. The van der Waals surface area contributed by atoms with Crippen LogP contribution in [0, 0.1) is 5.92 Å². The fourth-order valence-corrected chi connectivity index (χ4v) is 2.74. The second kappa shape index (κ2) is 7.64. The number of hydroxylamine groups is 2. The van der Waals surface area contributed by atoms with Crippen molar-refractivity contribution in [2.75, 3.05) is 19.8 Å². The molecule has 5 heteroatoms. The molecule has 1 aromatic carbocycles. The van der Waals surface area contributed by atoms with E-state index in [1.54, 1.807) is 11.3 Å². The minimum atomic E-state index is -0.0329. The van der Waals surface area contributed by atoms with Gasteiger partial charge < -0.3 is 10.2 Å². The lowest BCUT2D eigenvalue weighted by atomic mass is 9.83. The maximum atomic E-state index is 9.90. The van der Waals surface area contributed by atoms with Crippen molar-refractivity contribution in [3.05, 3.63) is 23.3 Å². The van der Waals surface area contributed by atoms with Crippen LogP contribution in [0.4, 0.5) is 0 Å². The largest absolute Gasteiger partial charge is 0.504 e. The van der Waals surface area contributed by atoms with Crippen LogP contribution in [-0.4, -0.2) is 35.2 Å². The number of fused-ring (bicyclic) bond motifs is 1. The molecule has 1 aliphatic rings. The number of hydrogen-bond donors (Lipinski definition) is 2. The number of phenols is 2. The molecule has 2 N–H and O–H groups in total. The molecule has 0 heterocycles. The van der Waals surface area contributed by atoms with Gasteiger partial charge in [0.2, 0.25) is 0 Å². The second-order valence-corrected chi connectivity index (χ2v) is 5.45. The Hall–Kier alpha value is -1.30. The fourth-order valence-electron chi connectivity index (χ4n) is 2.74. The van der Waals surface area contributed by atoms with Gasteiger partial charge in [0.1, 0.15) is 0 Å². The van der Waals surface area contributed by atoms with Crippen LogP contribution in [0.5, 0.6) is 11.5 Å². The van der Waals surface area contributed by atoms with Crippen molar-refractivity contribution in [1.82, 2.24) is 5.23 Å². The van der Waals surface area contributed by atoms with Gasteiger partial charge in [0.05, 0.1) is 19.8 Å². The lowest BCUT2D eigenvalue weighted by Crippen LogP contribution is -2.33. The van der Waals surface area contributed by atoms with E-state index in [0.29, 0.717) is 19.1 Å². The van der Waals surface area contributed by atoms with Crippen LogP contribution in [0.1, 0.15) is 37.8 Å². The van der Waals surface area contributed by atoms with Crippen LogP contribution in [0.15, 0.2) is 12.1 Å². The van der Waals surface area contributed by atoms with Crippen molar-refractivity contribution in [1.29, 1.82) is 0 Å². The normalized spacial score (nSPS) is 18.0. The molecule has 1 unspecified atom stereocenters. The van der Waals surface area contributed by atoms with Gasteiger partial charge in [-0.05, 0) is 50.2 Å². The van der Waals surface area contributed by atoms with E-state index >= 15 is 0 Å². The average Bonchev–Trinajstić information content (AvgIpc) is 2.49. The van der Waals surface area contributed by atoms with Gasteiger partial charge >= 0.3 is 0 Å². The standard InChI is InChI=1S/C16H25NO4/c1-3-9-21-17(20-4-2)11-12-5-7-14-13(10-12)6-8-15(18)16(14)19/h6,8,12,18-19H,3-5,7,9-11H2,1-2H3. The van der Waals surface area contributed by atoms with E-state index in [9.17, 15) is 10.2 Å². The molecule has 1 aromatic rings. The molecule has 1 atom stereocenters. The number of aromatic hydroxyl groups is 2. The first kappa shape index (κ1) is 16.1. The van der Waals surface area contributed by atoms with Crippen LogP contribution in [-0.2, 0) is 22.5 Å². The number of phenolic OH excluding ortho intramolecular Hbond substituents is 2. The molecule has 21 heavy (non-hydrogen) atoms. The Bertz CT molecular complexity index is 464. The predicted octanol–water partition coefficient (Wildman–Crippen LogP) is 2.80. The molecule has 0 amide bonds. The second-order valence-electron chi connectivity index (χ2n) is 5.45. The molecular formula is C16H25NO4. The van der Waals surface area contributed by atoms with Gasteiger partial charge in [-0.3, -0.25) is 9.68 Å². The van der Waals surface area contributed by atoms with E-state index in [1.807, 2.05) is 13.0 Å². The fraction of sp³-hybridized carbons (Fsp3) is 0.625. The summed E-state index contributed by atoms with van der Waals surface area (Å²) in [5, 5.41) is 21.1. The van der Waals surface area contributed by atoms with Crippen LogP contribution in [0.2, 0.25) is 0 Å². The van der Waals surface area contributed by atoms with Crippen LogP contribution in [0.25, 0.3) is 0 Å². The molecule has 0 saturated heterocycles. The highest BCUT2D eigenvalue weighted by atomic mass is 16.9. The zero-order valence-corrected chi connectivity index (χ0v) is 12.8. The zero-order chi connectivity index (χ0) is 15.2. The first-order valence-corrected chi connectivity index (χ1v) is 7.71. The van der Waals surface area contributed by atoms with E-state index in [1.165, 1.54) is 0 Å². The predicted molar refractivity (Wildman–Crippen MR) is 79.9 cm³/mol. The summed E-state index contributed by atoms with van der Waals surface area (Å²) >= 11 is 0. The summed E-state index contributed by atoms with van der Waals surface area (Å²) < 4.78 is 0. The summed E-state index contributed by atoms with van der Waals surface area (Å²) in [7, 11) is 0. The van der Waals surface area contributed by atoms with Crippen molar-refractivity contribution in [3.63, 3.8) is 0 Å². The minimum Gasteiger partial charge on any atom is -0.504 e. The molecule has 0 saturated carbocycles. The van der Waals surface area contributed by atoms with Gasteiger partial charge in [-0.25, -0.2) is 0 Å². The number of hydrogen-bond acceptors (Lipinski definition) is 5. The maximum absolute atomic E-state index is 9.90. The third-order valence-electron chi connectivity index (χ3n) is 3.79. The zero-order valence-electron chi connectivity index (χ0n) is 12.8. The van der Waals surface area contributed by atoms with Crippen molar-refractivity contribution >= 4 is 0 Å². The topological polar surface area (TPSA) is 62.2 Å². The van der Waals surface area contributed by atoms with Crippen LogP contribution in [0.3, 0.4) is 0 Å². The van der Waals surface area contributed by atoms with Gasteiger partial charge in [0.25, 0.3) is 0 Å². The van der Waals surface area contributed by atoms with Crippen molar-refractivity contribution < 1.29 is 19.9 Å². The highest BCUT2D eigenvalue weighted by Crippen LogP contribution is 2.37. The lowest BCUT2D eigenvalue weighted by molar-refractivity contribution is -0.370.